The lowest BCUT2D eigenvalue weighted by atomic mass is 10.1. The number of rotatable bonds is 5. The van der Waals surface area contributed by atoms with Gasteiger partial charge in [-0.3, -0.25) is 0 Å². The molecule has 1 saturated heterocycles. The minimum absolute atomic E-state index is 0.0176. The summed E-state index contributed by atoms with van der Waals surface area (Å²) in [6, 6.07) is 5.23. The Labute approximate surface area is 108 Å². The zero-order valence-corrected chi connectivity index (χ0v) is 10.8. The van der Waals surface area contributed by atoms with E-state index in [-0.39, 0.29) is 18.5 Å². The largest absolute Gasteiger partial charge is 0.395 e. The van der Waals surface area contributed by atoms with Gasteiger partial charge in [0.05, 0.1) is 6.61 Å². The van der Waals surface area contributed by atoms with Crippen molar-refractivity contribution in [3.63, 3.8) is 0 Å². The summed E-state index contributed by atoms with van der Waals surface area (Å²) in [7, 11) is 0. The van der Waals surface area contributed by atoms with Gasteiger partial charge >= 0.3 is 0 Å². The Bertz CT molecular complexity index is 391. The van der Waals surface area contributed by atoms with Crippen molar-refractivity contribution >= 4 is 5.69 Å². The third kappa shape index (κ3) is 3.00. The van der Waals surface area contributed by atoms with Gasteiger partial charge in [0.2, 0.25) is 0 Å². The Morgan fingerprint density at radius 3 is 2.78 bits per heavy atom. The molecule has 18 heavy (non-hydrogen) atoms. The fourth-order valence-electron chi connectivity index (χ4n) is 2.32. The van der Waals surface area contributed by atoms with Crippen molar-refractivity contribution in [3.05, 3.63) is 29.6 Å². The minimum atomic E-state index is -0.169. The van der Waals surface area contributed by atoms with Crippen LogP contribution >= 0.6 is 0 Å². The van der Waals surface area contributed by atoms with E-state index in [2.05, 4.69) is 10.2 Å². The van der Waals surface area contributed by atoms with Crippen molar-refractivity contribution in [2.45, 2.75) is 32.4 Å². The number of aliphatic hydroxyl groups is 1. The van der Waals surface area contributed by atoms with Crippen LogP contribution in [-0.2, 0) is 6.54 Å². The van der Waals surface area contributed by atoms with Crippen LogP contribution in [0.5, 0.6) is 0 Å². The van der Waals surface area contributed by atoms with Crippen LogP contribution in [0.3, 0.4) is 0 Å². The number of hydrogen-bond donors (Lipinski definition) is 2. The van der Waals surface area contributed by atoms with Gasteiger partial charge in [-0.1, -0.05) is 6.07 Å². The van der Waals surface area contributed by atoms with Gasteiger partial charge in [-0.25, -0.2) is 4.39 Å². The molecule has 0 aromatic heterocycles. The molecule has 0 bridgehead atoms. The molecule has 1 aliphatic rings. The van der Waals surface area contributed by atoms with Crippen LogP contribution in [0, 0.1) is 5.82 Å². The molecular weight excluding hydrogens is 231 g/mol. The Morgan fingerprint density at radius 2 is 2.11 bits per heavy atom. The van der Waals surface area contributed by atoms with Gasteiger partial charge in [0.25, 0.3) is 0 Å². The van der Waals surface area contributed by atoms with E-state index < -0.39 is 0 Å². The summed E-state index contributed by atoms with van der Waals surface area (Å²) in [5.74, 6) is -0.169. The lowest BCUT2D eigenvalue weighted by Gasteiger charge is -2.22. The van der Waals surface area contributed by atoms with E-state index in [1.54, 1.807) is 6.07 Å². The van der Waals surface area contributed by atoms with Crippen LogP contribution < -0.4 is 10.2 Å². The zero-order valence-electron chi connectivity index (χ0n) is 10.8. The molecule has 1 heterocycles. The zero-order chi connectivity index (χ0) is 13.0. The minimum Gasteiger partial charge on any atom is -0.395 e. The first-order valence-corrected chi connectivity index (χ1v) is 6.59. The summed E-state index contributed by atoms with van der Waals surface area (Å²) in [6.45, 7) is 4.42. The molecule has 1 aliphatic heterocycles. The second-order valence-electron chi connectivity index (χ2n) is 4.90. The van der Waals surface area contributed by atoms with E-state index in [0.29, 0.717) is 12.1 Å². The Hall–Kier alpha value is -1.13. The highest BCUT2D eigenvalue weighted by atomic mass is 19.1. The summed E-state index contributed by atoms with van der Waals surface area (Å²) < 4.78 is 13.9. The molecule has 1 aromatic carbocycles. The van der Waals surface area contributed by atoms with E-state index >= 15 is 0 Å². The number of nitrogens with one attached hydrogen (secondary N) is 1. The second-order valence-corrected chi connectivity index (χ2v) is 4.90. The van der Waals surface area contributed by atoms with E-state index in [9.17, 15) is 4.39 Å². The molecule has 4 heteroatoms. The first kappa shape index (κ1) is 13.3. The maximum atomic E-state index is 13.9. The Morgan fingerprint density at radius 1 is 1.39 bits per heavy atom. The Kier molecular flexibility index (Phi) is 4.55. The van der Waals surface area contributed by atoms with Crippen molar-refractivity contribution in [1.29, 1.82) is 0 Å². The van der Waals surface area contributed by atoms with Crippen molar-refractivity contribution in [2.24, 2.45) is 0 Å². The maximum Gasteiger partial charge on any atom is 0.129 e. The van der Waals surface area contributed by atoms with Crippen molar-refractivity contribution in [1.82, 2.24) is 5.32 Å². The normalized spacial score (nSPS) is 17.2. The van der Waals surface area contributed by atoms with E-state index in [4.69, 9.17) is 5.11 Å². The van der Waals surface area contributed by atoms with Crippen LogP contribution in [0.15, 0.2) is 18.2 Å². The molecule has 0 radical (unpaired) electrons. The van der Waals surface area contributed by atoms with Gasteiger partial charge in [-0.2, -0.15) is 0 Å². The molecule has 2 N–H and O–H groups in total. The van der Waals surface area contributed by atoms with Crippen molar-refractivity contribution in [3.8, 4) is 0 Å². The first-order chi connectivity index (χ1) is 8.72. The second kappa shape index (κ2) is 6.16. The maximum absolute atomic E-state index is 13.9. The summed E-state index contributed by atoms with van der Waals surface area (Å²) in [6.07, 6.45) is 2.35. The number of hydrogen-bond acceptors (Lipinski definition) is 3. The molecule has 1 fully saturated rings. The number of anilines is 1. The summed E-state index contributed by atoms with van der Waals surface area (Å²) >= 11 is 0. The summed E-state index contributed by atoms with van der Waals surface area (Å²) in [5, 5.41) is 12.1. The molecule has 0 amide bonds. The summed E-state index contributed by atoms with van der Waals surface area (Å²) in [4.78, 5) is 2.24. The number of benzene rings is 1. The molecule has 3 nitrogen and oxygen atoms in total. The third-order valence-corrected chi connectivity index (χ3v) is 3.44. The molecular formula is C14H21FN2O. The van der Waals surface area contributed by atoms with E-state index in [0.717, 1.165) is 18.8 Å². The van der Waals surface area contributed by atoms with Gasteiger partial charge in [0.15, 0.2) is 0 Å². The highest BCUT2D eigenvalue weighted by molar-refractivity contribution is 5.54. The lowest BCUT2D eigenvalue weighted by molar-refractivity contribution is 0.250. The van der Waals surface area contributed by atoms with Gasteiger partial charge < -0.3 is 15.3 Å². The average molecular weight is 252 g/mol. The third-order valence-electron chi connectivity index (χ3n) is 3.44. The predicted molar refractivity (Wildman–Crippen MR) is 71.2 cm³/mol. The molecule has 1 atom stereocenters. The molecule has 0 aliphatic carbocycles. The molecule has 0 saturated carbocycles. The fraction of sp³-hybridized carbons (Fsp3) is 0.571. The number of halogens is 1. The van der Waals surface area contributed by atoms with Crippen LogP contribution in [0.1, 0.15) is 25.3 Å². The summed E-state index contributed by atoms with van der Waals surface area (Å²) in [5.41, 5.74) is 1.70. The SMILES string of the molecule is C[C@H](CO)NCc1c(F)cccc1N1CCCC1. The molecule has 2 rings (SSSR count). The monoisotopic (exact) mass is 252 g/mol. The smallest absolute Gasteiger partial charge is 0.129 e. The van der Waals surface area contributed by atoms with Crippen LogP contribution in [0.4, 0.5) is 10.1 Å². The van der Waals surface area contributed by atoms with Crippen LogP contribution in [0.25, 0.3) is 0 Å². The molecule has 0 unspecified atom stereocenters. The average Bonchev–Trinajstić information content (AvgIpc) is 2.90. The van der Waals surface area contributed by atoms with E-state index in [1.165, 1.54) is 18.9 Å². The molecule has 100 valence electrons. The predicted octanol–water partition coefficient (Wildman–Crippen LogP) is 1.90. The van der Waals surface area contributed by atoms with Gasteiger partial charge in [0, 0.05) is 36.9 Å². The van der Waals surface area contributed by atoms with Gasteiger partial charge in [0.1, 0.15) is 5.82 Å². The topological polar surface area (TPSA) is 35.5 Å². The van der Waals surface area contributed by atoms with Crippen LogP contribution in [0.2, 0.25) is 0 Å². The van der Waals surface area contributed by atoms with Crippen LogP contribution in [-0.4, -0.2) is 30.8 Å². The quantitative estimate of drug-likeness (QED) is 0.840. The fourth-order valence-corrected chi connectivity index (χ4v) is 2.32. The number of aliphatic hydroxyl groups excluding tert-OH is 1. The lowest BCUT2D eigenvalue weighted by Crippen LogP contribution is -2.30. The van der Waals surface area contributed by atoms with Gasteiger partial charge in [-0.05, 0) is 31.9 Å². The molecule has 1 aromatic rings. The highest BCUT2D eigenvalue weighted by Gasteiger charge is 2.18. The Balaban J connectivity index is 2.15. The van der Waals surface area contributed by atoms with Gasteiger partial charge in [-0.15, -0.1) is 0 Å². The molecule has 0 spiro atoms. The number of nitrogens with zero attached hydrogens (tertiary/aromatic N) is 1. The van der Waals surface area contributed by atoms with E-state index in [1.807, 2.05) is 13.0 Å². The standard InChI is InChI=1S/C14H21FN2O/c1-11(10-18)16-9-12-13(15)5-4-6-14(12)17-7-2-3-8-17/h4-6,11,16,18H,2-3,7-10H2,1H3/t11-/m1/s1. The highest BCUT2D eigenvalue weighted by Crippen LogP contribution is 2.26. The first-order valence-electron chi connectivity index (χ1n) is 6.59. The van der Waals surface area contributed by atoms with Crippen molar-refractivity contribution in [2.75, 3.05) is 24.6 Å². The van der Waals surface area contributed by atoms with Crippen molar-refractivity contribution < 1.29 is 9.50 Å².